The van der Waals surface area contributed by atoms with Gasteiger partial charge in [-0.2, -0.15) is 0 Å². The van der Waals surface area contributed by atoms with Crippen LogP contribution in [-0.2, 0) is 9.53 Å². The van der Waals surface area contributed by atoms with Crippen molar-refractivity contribution >= 4 is 5.97 Å². The third-order valence-electron chi connectivity index (χ3n) is 3.90. The van der Waals surface area contributed by atoms with E-state index >= 15 is 0 Å². The second-order valence-corrected chi connectivity index (χ2v) is 4.81. The highest BCUT2D eigenvalue weighted by molar-refractivity contribution is 5.70. The highest BCUT2D eigenvalue weighted by Crippen LogP contribution is 2.43. The van der Waals surface area contributed by atoms with Crippen LogP contribution >= 0.6 is 0 Å². The van der Waals surface area contributed by atoms with Crippen LogP contribution in [0.4, 0.5) is 0 Å². The van der Waals surface area contributed by atoms with E-state index in [4.69, 9.17) is 15.6 Å². The number of aliphatic carboxylic acids is 1. The molecule has 0 aromatic rings. The summed E-state index contributed by atoms with van der Waals surface area (Å²) in [6.07, 6.45) is 2.57. The van der Waals surface area contributed by atoms with Gasteiger partial charge in [0, 0.05) is 13.2 Å². The van der Waals surface area contributed by atoms with Crippen molar-refractivity contribution in [3.8, 4) is 0 Å². The summed E-state index contributed by atoms with van der Waals surface area (Å²) in [4.78, 5) is 11.0. The van der Waals surface area contributed by atoms with E-state index in [0.717, 1.165) is 32.5 Å². The maximum absolute atomic E-state index is 11.0. The Morgan fingerprint density at radius 2 is 1.93 bits per heavy atom. The van der Waals surface area contributed by atoms with Crippen molar-refractivity contribution in [2.45, 2.75) is 19.3 Å². The molecule has 0 radical (unpaired) electrons. The Morgan fingerprint density at radius 3 is 2.40 bits per heavy atom. The largest absolute Gasteiger partial charge is 0.481 e. The number of nitrogens with two attached hydrogens (primary N) is 1. The molecule has 2 atom stereocenters. The molecule has 15 heavy (non-hydrogen) atoms. The number of carbonyl (C=O) groups is 1. The number of fused-ring (bicyclic) bond motifs is 2. The SMILES string of the molecule is NCCC1C2COCC1CC(C(=O)O)C2. The van der Waals surface area contributed by atoms with E-state index in [0.29, 0.717) is 24.3 Å². The molecule has 1 saturated carbocycles. The van der Waals surface area contributed by atoms with Crippen LogP contribution in [0.25, 0.3) is 0 Å². The third-order valence-corrected chi connectivity index (χ3v) is 3.90. The first-order valence-electron chi connectivity index (χ1n) is 5.73. The Labute approximate surface area is 89.8 Å². The molecule has 2 bridgehead atoms. The summed E-state index contributed by atoms with van der Waals surface area (Å²) in [5.41, 5.74) is 5.60. The van der Waals surface area contributed by atoms with Gasteiger partial charge in [-0.15, -0.1) is 0 Å². The van der Waals surface area contributed by atoms with Crippen LogP contribution in [0.1, 0.15) is 19.3 Å². The first-order chi connectivity index (χ1) is 7.22. The molecule has 1 aliphatic carbocycles. The molecule has 2 aliphatic rings. The normalized spacial score (nSPS) is 40.1. The molecule has 1 aliphatic heterocycles. The fourth-order valence-corrected chi connectivity index (χ4v) is 3.18. The summed E-state index contributed by atoms with van der Waals surface area (Å²) in [6.45, 7) is 2.16. The molecule has 4 heteroatoms. The minimum absolute atomic E-state index is 0.155. The molecule has 86 valence electrons. The van der Waals surface area contributed by atoms with Crippen LogP contribution in [0, 0.1) is 23.7 Å². The second kappa shape index (κ2) is 4.49. The van der Waals surface area contributed by atoms with Gasteiger partial charge in [0.05, 0.1) is 5.92 Å². The summed E-state index contributed by atoms with van der Waals surface area (Å²) in [5.74, 6) is 0.639. The zero-order chi connectivity index (χ0) is 10.8. The average molecular weight is 213 g/mol. The van der Waals surface area contributed by atoms with Crippen LogP contribution in [0.5, 0.6) is 0 Å². The molecular formula is C11H19NO3. The molecule has 2 unspecified atom stereocenters. The maximum Gasteiger partial charge on any atom is 0.306 e. The van der Waals surface area contributed by atoms with Crippen LogP contribution in [0.15, 0.2) is 0 Å². The van der Waals surface area contributed by atoms with Gasteiger partial charge in [0.2, 0.25) is 0 Å². The lowest BCUT2D eigenvalue weighted by atomic mass is 9.66. The Balaban J connectivity index is 2.04. The van der Waals surface area contributed by atoms with E-state index in [9.17, 15) is 4.79 Å². The van der Waals surface area contributed by atoms with Gasteiger partial charge >= 0.3 is 5.97 Å². The van der Waals surface area contributed by atoms with Crippen molar-refractivity contribution in [1.29, 1.82) is 0 Å². The monoisotopic (exact) mass is 213 g/mol. The average Bonchev–Trinajstić information content (AvgIpc) is 2.17. The zero-order valence-electron chi connectivity index (χ0n) is 8.89. The zero-order valence-corrected chi connectivity index (χ0v) is 8.89. The molecule has 2 rings (SSSR count). The van der Waals surface area contributed by atoms with Gasteiger partial charge in [0.1, 0.15) is 0 Å². The maximum atomic E-state index is 11.0. The van der Waals surface area contributed by atoms with Crippen LogP contribution in [0.3, 0.4) is 0 Å². The lowest BCUT2D eigenvalue weighted by molar-refractivity contribution is -0.149. The number of carboxylic acid groups (broad SMARTS) is 1. The van der Waals surface area contributed by atoms with E-state index in [-0.39, 0.29) is 5.92 Å². The Bertz CT molecular complexity index is 230. The molecule has 0 aromatic heterocycles. The van der Waals surface area contributed by atoms with Crippen molar-refractivity contribution in [2.75, 3.05) is 19.8 Å². The predicted octanol–water partition coefficient (Wildman–Crippen LogP) is 0.709. The topological polar surface area (TPSA) is 72.5 Å². The molecule has 3 N–H and O–H groups in total. The van der Waals surface area contributed by atoms with E-state index in [1.165, 1.54) is 0 Å². The fourth-order valence-electron chi connectivity index (χ4n) is 3.18. The van der Waals surface area contributed by atoms with Crippen LogP contribution in [0.2, 0.25) is 0 Å². The van der Waals surface area contributed by atoms with Gasteiger partial charge in [-0.3, -0.25) is 4.79 Å². The lowest BCUT2D eigenvalue weighted by Gasteiger charge is -2.44. The molecule has 0 spiro atoms. The van der Waals surface area contributed by atoms with E-state index in [2.05, 4.69) is 0 Å². The minimum Gasteiger partial charge on any atom is -0.481 e. The van der Waals surface area contributed by atoms with Gasteiger partial charge in [0.25, 0.3) is 0 Å². The molecule has 0 aromatic carbocycles. The van der Waals surface area contributed by atoms with Crippen molar-refractivity contribution in [2.24, 2.45) is 29.4 Å². The molecule has 1 heterocycles. The summed E-state index contributed by atoms with van der Waals surface area (Å²) in [7, 11) is 0. The van der Waals surface area contributed by atoms with Gasteiger partial charge in [0.15, 0.2) is 0 Å². The number of carboxylic acids is 1. The van der Waals surface area contributed by atoms with E-state index in [1.807, 2.05) is 0 Å². The molecule has 2 fully saturated rings. The quantitative estimate of drug-likeness (QED) is 0.724. The summed E-state index contributed by atoms with van der Waals surface area (Å²) in [5, 5.41) is 9.04. The fraction of sp³-hybridized carbons (Fsp3) is 0.909. The second-order valence-electron chi connectivity index (χ2n) is 4.81. The molecule has 0 amide bonds. The highest BCUT2D eigenvalue weighted by atomic mass is 16.5. The Kier molecular flexibility index (Phi) is 3.26. The Morgan fingerprint density at radius 1 is 1.33 bits per heavy atom. The smallest absolute Gasteiger partial charge is 0.306 e. The summed E-state index contributed by atoms with van der Waals surface area (Å²) in [6, 6.07) is 0. The number of hydrogen-bond donors (Lipinski definition) is 2. The van der Waals surface area contributed by atoms with Crippen molar-refractivity contribution < 1.29 is 14.6 Å². The van der Waals surface area contributed by atoms with E-state index < -0.39 is 5.97 Å². The van der Waals surface area contributed by atoms with Crippen LogP contribution < -0.4 is 5.73 Å². The Hall–Kier alpha value is -0.610. The number of rotatable bonds is 3. The lowest BCUT2D eigenvalue weighted by Crippen LogP contribution is -2.44. The van der Waals surface area contributed by atoms with Crippen molar-refractivity contribution in [1.82, 2.24) is 0 Å². The molecular weight excluding hydrogens is 194 g/mol. The number of ether oxygens (including phenoxy) is 1. The van der Waals surface area contributed by atoms with Gasteiger partial charge in [-0.1, -0.05) is 0 Å². The van der Waals surface area contributed by atoms with Crippen molar-refractivity contribution in [3.63, 3.8) is 0 Å². The van der Waals surface area contributed by atoms with Gasteiger partial charge in [-0.25, -0.2) is 0 Å². The molecule has 4 nitrogen and oxygen atoms in total. The van der Waals surface area contributed by atoms with Gasteiger partial charge in [-0.05, 0) is 43.6 Å². The number of hydrogen-bond acceptors (Lipinski definition) is 3. The third kappa shape index (κ3) is 2.16. The standard InChI is InChI=1S/C11H19NO3/c12-2-1-10-8-3-7(11(13)14)4-9(10)6-15-5-8/h7-10H,1-6,12H2,(H,13,14). The van der Waals surface area contributed by atoms with Crippen LogP contribution in [-0.4, -0.2) is 30.8 Å². The first-order valence-corrected chi connectivity index (χ1v) is 5.73. The molecule has 1 saturated heterocycles. The predicted molar refractivity (Wildman–Crippen MR) is 55.3 cm³/mol. The van der Waals surface area contributed by atoms with Gasteiger partial charge < -0.3 is 15.6 Å². The first kappa shape index (κ1) is 10.9. The minimum atomic E-state index is -0.641. The van der Waals surface area contributed by atoms with E-state index in [1.54, 1.807) is 0 Å². The van der Waals surface area contributed by atoms with Crippen molar-refractivity contribution in [3.05, 3.63) is 0 Å². The summed E-state index contributed by atoms with van der Waals surface area (Å²) < 4.78 is 5.51. The summed E-state index contributed by atoms with van der Waals surface area (Å²) >= 11 is 0. The highest BCUT2D eigenvalue weighted by Gasteiger charge is 2.42.